The lowest BCUT2D eigenvalue weighted by molar-refractivity contribution is -0.123. The topological polar surface area (TPSA) is 63.4 Å². The molecule has 0 spiro atoms. The van der Waals surface area contributed by atoms with Crippen LogP contribution in [0.2, 0.25) is 0 Å². The van der Waals surface area contributed by atoms with Crippen LogP contribution in [-0.2, 0) is 9.59 Å². The van der Waals surface area contributed by atoms with E-state index in [0.717, 1.165) is 18.4 Å². The molecule has 1 aromatic carbocycles. The molecule has 1 aliphatic heterocycles. The summed E-state index contributed by atoms with van der Waals surface area (Å²) >= 11 is 4.98. The standard InChI is InChI=1S/C16H18N2O2S/c1-8-5-11-12(6-8)16(20)18(15(11)19)13-7-10(14(17)21)4-3-9(13)2/h3-4,7-8,11-12H,5-6H2,1-2H3,(H2,17,21). The molecule has 0 bridgehead atoms. The molecule has 2 aliphatic rings. The van der Waals surface area contributed by atoms with Gasteiger partial charge in [-0.3, -0.25) is 9.59 Å². The van der Waals surface area contributed by atoms with Crippen molar-refractivity contribution in [3.63, 3.8) is 0 Å². The minimum atomic E-state index is -0.152. The summed E-state index contributed by atoms with van der Waals surface area (Å²) in [6.45, 7) is 3.98. The minimum Gasteiger partial charge on any atom is -0.389 e. The van der Waals surface area contributed by atoms with Crippen LogP contribution in [-0.4, -0.2) is 16.8 Å². The lowest BCUT2D eigenvalue weighted by Crippen LogP contribution is -2.33. The van der Waals surface area contributed by atoms with Crippen LogP contribution in [0.15, 0.2) is 18.2 Å². The van der Waals surface area contributed by atoms with Crippen LogP contribution < -0.4 is 10.6 Å². The monoisotopic (exact) mass is 302 g/mol. The molecule has 0 aromatic heterocycles. The van der Waals surface area contributed by atoms with Crippen LogP contribution in [0.1, 0.15) is 30.9 Å². The van der Waals surface area contributed by atoms with Gasteiger partial charge in [-0.25, -0.2) is 4.90 Å². The number of carbonyl (C=O) groups excluding carboxylic acids is 2. The Hall–Kier alpha value is -1.75. The normalized spacial score (nSPS) is 28.1. The number of hydrogen-bond acceptors (Lipinski definition) is 3. The van der Waals surface area contributed by atoms with Gasteiger partial charge in [0.15, 0.2) is 0 Å². The van der Waals surface area contributed by atoms with E-state index in [1.807, 2.05) is 19.1 Å². The third kappa shape index (κ3) is 2.16. The summed E-state index contributed by atoms with van der Waals surface area (Å²) in [5.41, 5.74) is 7.83. The summed E-state index contributed by atoms with van der Waals surface area (Å²) in [5.74, 6) is -0.00468. The molecule has 0 radical (unpaired) electrons. The number of thiocarbonyl (C=S) groups is 1. The van der Waals surface area contributed by atoms with E-state index in [4.69, 9.17) is 18.0 Å². The van der Waals surface area contributed by atoms with E-state index in [1.54, 1.807) is 6.07 Å². The third-order valence-corrected chi connectivity index (χ3v) is 4.84. The lowest BCUT2D eigenvalue weighted by Gasteiger charge is -2.20. The molecule has 2 atom stereocenters. The van der Waals surface area contributed by atoms with Gasteiger partial charge in [0.2, 0.25) is 11.8 Å². The predicted octanol–water partition coefficient (Wildman–Crippen LogP) is 2.16. The van der Waals surface area contributed by atoms with Crippen molar-refractivity contribution in [3.8, 4) is 0 Å². The van der Waals surface area contributed by atoms with Crippen LogP contribution in [0.4, 0.5) is 5.69 Å². The number of hydrogen-bond donors (Lipinski definition) is 1. The highest BCUT2D eigenvalue weighted by atomic mass is 32.1. The van der Waals surface area contributed by atoms with Crippen molar-refractivity contribution >= 4 is 34.7 Å². The highest BCUT2D eigenvalue weighted by Gasteiger charge is 2.52. The summed E-state index contributed by atoms with van der Waals surface area (Å²) in [7, 11) is 0. The zero-order chi connectivity index (χ0) is 15.3. The first-order chi connectivity index (χ1) is 9.90. The Bertz CT molecular complexity index is 632. The number of anilines is 1. The fourth-order valence-corrected chi connectivity index (χ4v) is 3.65. The molecular formula is C16H18N2O2S. The first-order valence-corrected chi connectivity index (χ1v) is 7.59. The molecule has 2 fully saturated rings. The van der Waals surface area contributed by atoms with Gasteiger partial charge in [-0.2, -0.15) is 0 Å². The molecule has 1 aliphatic carbocycles. The first-order valence-electron chi connectivity index (χ1n) is 7.18. The summed E-state index contributed by atoms with van der Waals surface area (Å²) in [6.07, 6.45) is 1.61. The zero-order valence-corrected chi connectivity index (χ0v) is 12.9. The molecule has 1 saturated carbocycles. The van der Waals surface area contributed by atoms with Gasteiger partial charge >= 0.3 is 0 Å². The summed E-state index contributed by atoms with van der Waals surface area (Å²) < 4.78 is 0. The maximum Gasteiger partial charge on any atom is 0.237 e. The van der Waals surface area contributed by atoms with Gasteiger partial charge in [-0.15, -0.1) is 0 Å². The van der Waals surface area contributed by atoms with Crippen LogP contribution in [0.5, 0.6) is 0 Å². The number of nitrogens with zero attached hydrogens (tertiary/aromatic N) is 1. The van der Waals surface area contributed by atoms with Gasteiger partial charge < -0.3 is 5.73 Å². The lowest BCUT2D eigenvalue weighted by atomic mass is 10.00. The number of rotatable bonds is 2. The van der Waals surface area contributed by atoms with Crippen molar-refractivity contribution in [1.82, 2.24) is 0 Å². The molecule has 110 valence electrons. The Morgan fingerprint density at radius 3 is 2.33 bits per heavy atom. The molecule has 21 heavy (non-hydrogen) atoms. The van der Waals surface area contributed by atoms with Crippen LogP contribution in [0, 0.1) is 24.7 Å². The Labute approximate surface area is 129 Å². The number of fused-ring (bicyclic) bond motifs is 1. The third-order valence-electron chi connectivity index (χ3n) is 4.61. The van der Waals surface area contributed by atoms with E-state index in [0.29, 0.717) is 17.2 Å². The number of aryl methyl sites for hydroxylation is 1. The highest BCUT2D eigenvalue weighted by molar-refractivity contribution is 7.80. The molecule has 2 N–H and O–H groups in total. The zero-order valence-electron chi connectivity index (χ0n) is 12.1. The molecule has 3 rings (SSSR count). The Balaban J connectivity index is 2.02. The smallest absolute Gasteiger partial charge is 0.237 e. The van der Waals surface area contributed by atoms with Gasteiger partial charge in [-0.05, 0) is 37.3 Å². The molecule has 1 aromatic rings. The van der Waals surface area contributed by atoms with Gasteiger partial charge in [0.05, 0.1) is 17.5 Å². The molecule has 2 amide bonds. The largest absolute Gasteiger partial charge is 0.389 e. The highest BCUT2D eigenvalue weighted by Crippen LogP contribution is 2.44. The average molecular weight is 302 g/mol. The number of amides is 2. The molecule has 5 heteroatoms. The fourth-order valence-electron chi connectivity index (χ4n) is 3.52. The van der Waals surface area contributed by atoms with Gasteiger partial charge in [0.1, 0.15) is 4.99 Å². The van der Waals surface area contributed by atoms with Crippen LogP contribution in [0.3, 0.4) is 0 Å². The van der Waals surface area contributed by atoms with Gasteiger partial charge in [-0.1, -0.05) is 31.3 Å². The predicted molar refractivity (Wildman–Crippen MR) is 84.9 cm³/mol. The molecule has 2 unspecified atom stereocenters. The minimum absolute atomic E-state index is 0.0717. The van der Waals surface area contributed by atoms with E-state index in [2.05, 4.69) is 6.92 Å². The molecule has 1 saturated heterocycles. The molecule has 4 nitrogen and oxygen atoms in total. The molecule has 1 heterocycles. The van der Waals surface area contributed by atoms with Crippen LogP contribution in [0.25, 0.3) is 0 Å². The van der Waals surface area contributed by atoms with Crippen LogP contribution >= 0.6 is 12.2 Å². The van der Waals surface area contributed by atoms with Crippen molar-refractivity contribution in [2.75, 3.05) is 4.90 Å². The SMILES string of the molecule is Cc1ccc(C(N)=S)cc1N1C(=O)C2CC(C)CC2C1=O. The average Bonchev–Trinajstić information content (AvgIpc) is 2.90. The maximum absolute atomic E-state index is 12.6. The summed E-state index contributed by atoms with van der Waals surface area (Å²) in [5, 5.41) is 0. The summed E-state index contributed by atoms with van der Waals surface area (Å²) in [4.78, 5) is 26.8. The number of carbonyl (C=O) groups is 2. The van der Waals surface area contributed by atoms with Gasteiger partial charge in [0.25, 0.3) is 0 Å². The van der Waals surface area contributed by atoms with Crippen molar-refractivity contribution in [2.45, 2.75) is 26.7 Å². The van der Waals surface area contributed by atoms with E-state index >= 15 is 0 Å². The van der Waals surface area contributed by atoms with Crippen molar-refractivity contribution in [3.05, 3.63) is 29.3 Å². The van der Waals surface area contributed by atoms with E-state index in [9.17, 15) is 9.59 Å². The second-order valence-electron chi connectivity index (χ2n) is 6.17. The number of imide groups is 1. The van der Waals surface area contributed by atoms with Crippen molar-refractivity contribution in [1.29, 1.82) is 0 Å². The Morgan fingerprint density at radius 2 is 1.81 bits per heavy atom. The Morgan fingerprint density at radius 1 is 1.24 bits per heavy atom. The van der Waals surface area contributed by atoms with E-state index in [-0.39, 0.29) is 28.6 Å². The van der Waals surface area contributed by atoms with Crippen molar-refractivity contribution < 1.29 is 9.59 Å². The quantitative estimate of drug-likeness (QED) is 0.672. The maximum atomic E-state index is 12.6. The molecular weight excluding hydrogens is 284 g/mol. The number of nitrogens with two attached hydrogens (primary N) is 1. The van der Waals surface area contributed by atoms with Crippen molar-refractivity contribution in [2.24, 2.45) is 23.5 Å². The van der Waals surface area contributed by atoms with Gasteiger partial charge in [0, 0.05) is 5.56 Å². The summed E-state index contributed by atoms with van der Waals surface area (Å²) in [6, 6.07) is 5.41. The second kappa shape index (κ2) is 4.91. The Kier molecular flexibility index (Phi) is 3.32. The first kappa shape index (κ1) is 14.2. The fraction of sp³-hybridized carbons (Fsp3) is 0.438. The number of benzene rings is 1. The van der Waals surface area contributed by atoms with E-state index < -0.39 is 0 Å². The second-order valence-corrected chi connectivity index (χ2v) is 6.61. The van der Waals surface area contributed by atoms with E-state index in [1.165, 1.54) is 4.90 Å².